The van der Waals surface area contributed by atoms with Crippen LogP contribution in [0.25, 0.3) is 0 Å². The lowest BCUT2D eigenvalue weighted by molar-refractivity contribution is -0.140. The number of rotatable bonds is 2. The molecule has 0 N–H and O–H groups in total. The van der Waals surface area contributed by atoms with Gasteiger partial charge >= 0.3 is 6.18 Å². The molecule has 30 heavy (non-hydrogen) atoms. The smallest absolute Gasteiger partial charge is 0.416 e. The van der Waals surface area contributed by atoms with Crippen molar-refractivity contribution in [3.8, 4) is 5.75 Å². The molecule has 2 atom stereocenters. The third-order valence-corrected chi connectivity index (χ3v) is 5.41. The zero-order valence-electron chi connectivity index (χ0n) is 15.6. The second-order valence-corrected chi connectivity index (χ2v) is 7.25. The quantitative estimate of drug-likeness (QED) is 0.476. The van der Waals surface area contributed by atoms with Crippen LogP contribution in [0, 0.1) is 5.82 Å². The second kappa shape index (κ2) is 6.86. The Balaban J connectivity index is 1.63. The van der Waals surface area contributed by atoms with Crippen LogP contribution in [0.15, 0.2) is 77.9 Å². The number of ether oxygens (including phenoxy) is 1. The van der Waals surface area contributed by atoms with E-state index in [0.29, 0.717) is 17.9 Å². The minimum Gasteiger partial charge on any atom is -0.464 e. The van der Waals surface area contributed by atoms with Gasteiger partial charge in [-0.3, -0.25) is 0 Å². The third kappa shape index (κ3) is 3.10. The molecule has 0 amide bonds. The summed E-state index contributed by atoms with van der Waals surface area (Å²) >= 11 is 0. The molecular weight excluding hydrogens is 396 g/mol. The summed E-state index contributed by atoms with van der Waals surface area (Å²) in [6, 6.07) is 18.3. The van der Waals surface area contributed by atoms with Crippen LogP contribution in [-0.2, 0) is 6.18 Å². The summed E-state index contributed by atoms with van der Waals surface area (Å²) in [6.45, 7) is 0. The Hall–Kier alpha value is -3.35. The predicted octanol–water partition coefficient (Wildman–Crippen LogP) is 6.09. The molecule has 152 valence electrons. The van der Waals surface area contributed by atoms with Gasteiger partial charge in [0.25, 0.3) is 0 Å². The van der Waals surface area contributed by atoms with Gasteiger partial charge in [0, 0.05) is 17.5 Å². The number of alkyl halides is 3. The van der Waals surface area contributed by atoms with Gasteiger partial charge in [0.15, 0.2) is 0 Å². The molecule has 3 nitrogen and oxygen atoms in total. The number of nitrogens with zero attached hydrogens (tertiary/aromatic N) is 2. The molecule has 0 aromatic heterocycles. The van der Waals surface area contributed by atoms with E-state index < -0.39 is 18.0 Å². The first-order valence-corrected chi connectivity index (χ1v) is 9.45. The van der Waals surface area contributed by atoms with E-state index in [9.17, 15) is 17.6 Å². The Morgan fingerprint density at radius 2 is 1.53 bits per heavy atom. The standard InChI is InChI=1S/C23H16F4N2O/c24-15-11-9-14(10-12-15)19-13-20-17-6-2-4-8-21(17)30-22(29(20)28-19)16-5-1-3-7-18(16)23(25,26)27/h1-12,20,22H,13H2. The molecule has 0 fully saturated rings. The highest BCUT2D eigenvalue weighted by atomic mass is 19.4. The highest BCUT2D eigenvalue weighted by Crippen LogP contribution is 2.49. The maximum absolute atomic E-state index is 13.7. The maximum atomic E-state index is 13.7. The molecule has 3 aromatic rings. The Morgan fingerprint density at radius 1 is 0.867 bits per heavy atom. The van der Waals surface area contributed by atoms with Crippen molar-refractivity contribution in [3.05, 3.63) is 101 Å². The van der Waals surface area contributed by atoms with E-state index in [4.69, 9.17) is 4.74 Å². The van der Waals surface area contributed by atoms with Gasteiger partial charge in [-0.05, 0) is 29.8 Å². The lowest BCUT2D eigenvalue weighted by Crippen LogP contribution is -2.35. The summed E-state index contributed by atoms with van der Waals surface area (Å²) in [7, 11) is 0. The van der Waals surface area contributed by atoms with Gasteiger partial charge in [0.05, 0.1) is 17.3 Å². The van der Waals surface area contributed by atoms with E-state index in [1.807, 2.05) is 12.1 Å². The van der Waals surface area contributed by atoms with Crippen molar-refractivity contribution in [1.82, 2.24) is 5.01 Å². The molecule has 2 heterocycles. The van der Waals surface area contributed by atoms with Gasteiger partial charge in [0.1, 0.15) is 11.6 Å². The number of halogens is 4. The SMILES string of the molecule is Fc1ccc(C2=NN3C(C2)c2ccccc2OC3c2ccccc2C(F)(F)F)cc1. The lowest BCUT2D eigenvalue weighted by Gasteiger charge is -2.38. The Morgan fingerprint density at radius 3 is 2.27 bits per heavy atom. The summed E-state index contributed by atoms with van der Waals surface area (Å²) in [5, 5.41) is 6.21. The Labute approximate surface area is 170 Å². The van der Waals surface area contributed by atoms with Crippen molar-refractivity contribution >= 4 is 5.71 Å². The average molecular weight is 412 g/mol. The number of fused-ring (bicyclic) bond motifs is 3. The van der Waals surface area contributed by atoms with Crippen molar-refractivity contribution in [2.45, 2.75) is 24.9 Å². The van der Waals surface area contributed by atoms with Gasteiger partial charge in [0.2, 0.25) is 6.23 Å². The van der Waals surface area contributed by atoms with E-state index >= 15 is 0 Å². The molecule has 2 unspecified atom stereocenters. The number of hydrogen-bond acceptors (Lipinski definition) is 3. The first kappa shape index (κ1) is 18.7. The van der Waals surface area contributed by atoms with Gasteiger partial charge < -0.3 is 4.74 Å². The van der Waals surface area contributed by atoms with Crippen LogP contribution in [0.1, 0.15) is 40.9 Å². The summed E-state index contributed by atoms with van der Waals surface area (Å²) in [5.74, 6) is 0.178. The highest BCUT2D eigenvalue weighted by Gasteiger charge is 2.44. The van der Waals surface area contributed by atoms with Crippen molar-refractivity contribution in [2.24, 2.45) is 5.10 Å². The minimum absolute atomic E-state index is 0.00797. The minimum atomic E-state index is -4.52. The number of hydrazone groups is 1. The molecule has 0 spiro atoms. The first-order valence-electron chi connectivity index (χ1n) is 9.45. The average Bonchev–Trinajstić information content (AvgIpc) is 3.19. The monoisotopic (exact) mass is 412 g/mol. The molecule has 7 heteroatoms. The second-order valence-electron chi connectivity index (χ2n) is 7.25. The van der Waals surface area contributed by atoms with Gasteiger partial charge in [-0.15, -0.1) is 0 Å². The van der Waals surface area contributed by atoms with Crippen LogP contribution >= 0.6 is 0 Å². The molecule has 0 bridgehead atoms. The Kier molecular flexibility index (Phi) is 4.27. The fraction of sp³-hybridized carbons (Fsp3) is 0.174. The van der Waals surface area contributed by atoms with E-state index in [0.717, 1.165) is 17.2 Å². The molecular formula is C23H16F4N2O. The maximum Gasteiger partial charge on any atom is 0.416 e. The van der Waals surface area contributed by atoms with Gasteiger partial charge in [-0.2, -0.15) is 18.3 Å². The molecule has 2 aliphatic rings. The van der Waals surface area contributed by atoms with E-state index in [-0.39, 0.29) is 17.4 Å². The van der Waals surface area contributed by atoms with Crippen LogP contribution in [0.3, 0.4) is 0 Å². The molecule has 0 saturated heterocycles. The van der Waals surface area contributed by atoms with Crippen molar-refractivity contribution in [3.63, 3.8) is 0 Å². The summed E-state index contributed by atoms with van der Waals surface area (Å²) in [4.78, 5) is 0. The molecule has 5 rings (SSSR count). The van der Waals surface area contributed by atoms with E-state index in [1.165, 1.54) is 24.3 Å². The van der Waals surface area contributed by atoms with Crippen LogP contribution < -0.4 is 4.74 Å². The highest BCUT2D eigenvalue weighted by molar-refractivity contribution is 6.01. The van der Waals surface area contributed by atoms with Gasteiger partial charge in [-0.1, -0.05) is 48.5 Å². The number of hydrogen-bond donors (Lipinski definition) is 0. The van der Waals surface area contributed by atoms with Gasteiger partial charge in [-0.25, -0.2) is 9.40 Å². The Bertz CT molecular complexity index is 1120. The molecule has 0 aliphatic carbocycles. The van der Waals surface area contributed by atoms with Crippen LogP contribution in [0.4, 0.5) is 17.6 Å². The van der Waals surface area contributed by atoms with E-state index in [1.54, 1.807) is 35.3 Å². The molecule has 0 saturated carbocycles. The molecule has 2 aliphatic heterocycles. The predicted molar refractivity (Wildman–Crippen MR) is 103 cm³/mol. The zero-order valence-corrected chi connectivity index (χ0v) is 15.6. The van der Waals surface area contributed by atoms with Crippen molar-refractivity contribution < 1.29 is 22.3 Å². The van der Waals surface area contributed by atoms with Crippen molar-refractivity contribution in [1.29, 1.82) is 0 Å². The van der Waals surface area contributed by atoms with E-state index in [2.05, 4.69) is 5.10 Å². The largest absolute Gasteiger partial charge is 0.464 e. The molecule has 0 radical (unpaired) electrons. The fourth-order valence-electron chi connectivity index (χ4n) is 4.03. The first-order chi connectivity index (χ1) is 14.4. The number of benzene rings is 3. The zero-order chi connectivity index (χ0) is 20.9. The topological polar surface area (TPSA) is 24.8 Å². The lowest BCUT2D eigenvalue weighted by atomic mass is 9.95. The third-order valence-electron chi connectivity index (χ3n) is 5.41. The summed E-state index contributed by atoms with van der Waals surface area (Å²) in [5.41, 5.74) is 1.52. The number of para-hydroxylation sites is 1. The normalized spacial score (nSPS) is 20.3. The van der Waals surface area contributed by atoms with Crippen LogP contribution in [0.2, 0.25) is 0 Å². The fourth-order valence-corrected chi connectivity index (χ4v) is 4.03. The summed E-state index contributed by atoms with van der Waals surface area (Å²) in [6.07, 6.45) is -5.06. The van der Waals surface area contributed by atoms with Crippen molar-refractivity contribution in [2.75, 3.05) is 0 Å². The molecule has 3 aromatic carbocycles. The van der Waals surface area contributed by atoms with Crippen LogP contribution in [0.5, 0.6) is 5.75 Å². The van der Waals surface area contributed by atoms with Crippen LogP contribution in [-0.4, -0.2) is 10.7 Å². The summed E-state index contributed by atoms with van der Waals surface area (Å²) < 4.78 is 60.4.